The van der Waals surface area contributed by atoms with Crippen molar-refractivity contribution in [3.63, 3.8) is 0 Å². The zero-order valence-corrected chi connectivity index (χ0v) is 7.64. The van der Waals surface area contributed by atoms with E-state index in [0.717, 1.165) is 5.69 Å². The van der Waals surface area contributed by atoms with E-state index < -0.39 is 0 Å². The molecule has 1 amide bonds. The summed E-state index contributed by atoms with van der Waals surface area (Å²) in [6.45, 7) is 0.443. The highest BCUT2D eigenvalue weighted by Gasteiger charge is 2.19. The third kappa shape index (κ3) is 1.93. The van der Waals surface area contributed by atoms with Gasteiger partial charge >= 0.3 is 0 Å². The average molecular weight is 189 g/mol. The second kappa shape index (κ2) is 3.96. The van der Waals surface area contributed by atoms with Crippen molar-refractivity contribution in [1.29, 1.82) is 0 Å². The van der Waals surface area contributed by atoms with E-state index in [-0.39, 0.29) is 11.8 Å². The Labute approximate surface area is 82.4 Å². The van der Waals surface area contributed by atoms with Gasteiger partial charge in [-0.1, -0.05) is 18.2 Å². The fraction of sp³-hybridized carbons (Fsp3) is 0.182. The van der Waals surface area contributed by atoms with Crippen LogP contribution in [0.5, 0.6) is 0 Å². The Morgan fingerprint density at radius 1 is 1.36 bits per heavy atom. The molecule has 0 fully saturated rings. The van der Waals surface area contributed by atoms with Crippen LogP contribution in [0.15, 0.2) is 42.7 Å². The highest BCUT2D eigenvalue weighted by Crippen LogP contribution is 2.12. The smallest absolute Gasteiger partial charge is 0.234 e. The largest absolute Gasteiger partial charge is 0.500 e. The fourth-order valence-corrected chi connectivity index (χ4v) is 1.28. The standard InChI is InChI=1S/C11H11NO2/c13-11(9-6-7-14-8-9)12-10-4-2-1-3-5-10/h1-7,9H,8H2,(H,12,13). The first kappa shape index (κ1) is 8.81. The maximum absolute atomic E-state index is 11.6. The van der Waals surface area contributed by atoms with Gasteiger partial charge in [-0.15, -0.1) is 0 Å². The van der Waals surface area contributed by atoms with Crippen LogP contribution in [0, 0.1) is 5.92 Å². The molecule has 0 aromatic heterocycles. The number of hydrogen-bond donors (Lipinski definition) is 1. The second-order valence-electron chi connectivity index (χ2n) is 3.12. The van der Waals surface area contributed by atoms with Gasteiger partial charge in [-0.2, -0.15) is 0 Å². The van der Waals surface area contributed by atoms with Crippen molar-refractivity contribution in [2.75, 3.05) is 11.9 Å². The van der Waals surface area contributed by atoms with Crippen LogP contribution in [0.25, 0.3) is 0 Å². The van der Waals surface area contributed by atoms with Crippen molar-refractivity contribution in [2.24, 2.45) is 5.92 Å². The molecule has 3 heteroatoms. The van der Waals surface area contributed by atoms with Crippen molar-refractivity contribution < 1.29 is 9.53 Å². The van der Waals surface area contributed by atoms with Gasteiger partial charge in [0.2, 0.25) is 5.91 Å². The lowest BCUT2D eigenvalue weighted by atomic mass is 10.1. The minimum absolute atomic E-state index is 0.0232. The highest BCUT2D eigenvalue weighted by molar-refractivity contribution is 5.93. The highest BCUT2D eigenvalue weighted by atomic mass is 16.5. The van der Waals surface area contributed by atoms with E-state index in [9.17, 15) is 4.79 Å². The Balaban J connectivity index is 1.98. The molecule has 1 aromatic rings. The third-order valence-electron chi connectivity index (χ3n) is 2.06. The second-order valence-corrected chi connectivity index (χ2v) is 3.12. The SMILES string of the molecule is O=C(Nc1ccccc1)C1C=COC1. The molecule has 72 valence electrons. The number of rotatable bonds is 2. The zero-order chi connectivity index (χ0) is 9.80. The van der Waals surface area contributed by atoms with Gasteiger partial charge in [-0.3, -0.25) is 4.79 Å². The van der Waals surface area contributed by atoms with Gasteiger partial charge in [-0.05, 0) is 18.2 Å². The lowest BCUT2D eigenvalue weighted by molar-refractivity contribution is -0.119. The minimum Gasteiger partial charge on any atom is -0.500 e. The first-order valence-electron chi connectivity index (χ1n) is 4.50. The number of benzene rings is 1. The number of hydrogen-bond acceptors (Lipinski definition) is 2. The van der Waals surface area contributed by atoms with Gasteiger partial charge < -0.3 is 10.1 Å². The van der Waals surface area contributed by atoms with Crippen molar-refractivity contribution in [3.05, 3.63) is 42.7 Å². The molecule has 1 heterocycles. The first-order chi connectivity index (χ1) is 6.86. The number of ether oxygens (including phenoxy) is 1. The van der Waals surface area contributed by atoms with Crippen LogP contribution in [0.1, 0.15) is 0 Å². The van der Waals surface area contributed by atoms with Crippen LogP contribution < -0.4 is 5.32 Å². The molecular weight excluding hydrogens is 178 g/mol. The van der Waals surface area contributed by atoms with Crippen molar-refractivity contribution in [2.45, 2.75) is 0 Å². The summed E-state index contributed by atoms with van der Waals surface area (Å²) in [6, 6.07) is 9.40. The van der Waals surface area contributed by atoms with Crippen molar-refractivity contribution >= 4 is 11.6 Å². The maximum atomic E-state index is 11.6. The molecule has 0 spiro atoms. The summed E-state index contributed by atoms with van der Waals surface area (Å²) in [7, 11) is 0. The first-order valence-corrected chi connectivity index (χ1v) is 4.50. The Kier molecular flexibility index (Phi) is 2.49. The molecule has 0 saturated heterocycles. The van der Waals surface area contributed by atoms with E-state index in [4.69, 9.17) is 4.74 Å². The van der Waals surface area contributed by atoms with Crippen LogP contribution in [-0.4, -0.2) is 12.5 Å². The van der Waals surface area contributed by atoms with Crippen molar-refractivity contribution in [3.8, 4) is 0 Å². The van der Waals surface area contributed by atoms with Gasteiger partial charge in [-0.25, -0.2) is 0 Å². The average Bonchev–Trinajstić information content (AvgIpc) is 2.72. The Morgan fingerprint density at radius 3 is 2.79 bits per heavy atom. The molecule has 0 saturated carbocycles. The van der Waals surface area contributed by atoms with E-state index >= 15 is 0 Å². The van der Waals surface area contributed by atoms with E-state index in [2.05, 4.69) is 5.32 Å². The van der Waals surface area contributed by atoms with Gasteiger partial charge in [0, 0.05) is 5.69 Å². The third-order valence-corrected chi connectivity index (χ3v) is 2.06. The van der Waals surface area contributed by atoms with Gasteiger partial charge in [0.1, 0.15) is 6.61 Å². The topological polar surface area (TPSA) is 38.3 Å². The molecule has 1 aliphatic heterocycles. The Bertz CT molecular complexity index is 346. The number of nitrogens with one attached hydrogen (secondary N) is 1. The summed E-state index contributed by atoms with van der Waals surface area (Å²) in [4.78, 5) is 11.6. The predicted octanol–water partition coefficient (Wildman–Crippen LogP) is 1.79. The van der Waals surface area contributed by atoms with Gasteiger partial charge in [0.25, 0.3) is 0 Å². The normalized spacial score (nSPS) is 19.0. The molecule has 0 bridgehead atoms. The monoisotopic (exact) mass is 189 g/mol. The number of carbonyl (C=O) groups excluding carboxylic acids is 1. The summed E-state index contributed by atoms with van der Waals surface area (Å²) in [5.74, 6) is -0.180. The lowest BCUT2D eigenvalue weighted by Gasteiger charge is -2.07. The maximum Gasteiger partial charge on any atom is 0.234 e. The molecule has 0 aliphatic carbocycles. The number of anilines is 1. The molecule has 1 atom stereocenters. The summed E-state index contributed by atoms with van der Waals surface area (Å²) in [5.41, 5.74) is 0.817. The van der Waals surface area contributed by atoms with Crippen LogP contribution >= 0.6 is 0 Å². The minimum atomic E-state index is -0.157. The fourth-order valence-electron chi connectivity index (χ4n) is 1.28. The quantitative estimate of drug-likeness (QED) is 0.770. The van der Waals surface area contributed by atoms with Crippen LogP contribution in [0.4, 0.5) is 5.69 Å². The number of para-hydroxylation sites is 1. The van der Waals surface area contributed by atoms with Crippen LogP contribution in [0.3, 0.4) is 0 Å². The molecule has 3 nitrogen and oxygen atoms in total. The molecule has 1 aromatic carbocycles. The van der Waals surface area contributed by atoms with Gasteiger partial charge in [0.05, 0.1) is 12.2 Å². The summed E-state index contributed by atoms with van der Waals surface area (Å²) in [6.07, 6.45) is 3.33. The van der Waals surface area contributed by atoms with Crippen molar-refractivity contribution in [1.82, 2.24) is 0 Å². The summed E-state index contributed by atoms with van der Waals surface area (Å²) >= 11 is 0. The molecule has 2 rings (SSSR count). The Morgan fingerprint density at radius 2 is 2.14 bits per heavy atom. The van der Waals surface area contributed by atoms with Crippen LogP contribution in [-0.2, 0) is 9.53 Å². The molecular formula is C11H11NO2. The van der Waals surface area contributed by atoms with Crippen LogP contribution in [0.2, 0.25) is 0 Å². The van der Waals surface area contributed by atoms with E-state index in [1.54, 1.807) is 12.3 Å². The summed E-state index contributed by atoms with van der Waals surface area (Å²) in [5, 5.41) is 2.81. The molecule has 1 aliphatic rings. The van der Waals surface area contributed by atoms with E-state index in [1.807, 2.05) is 30.3 Å². The van der Waals surface area contributed by atoms with E-state index in [0.29, 0.717) is 6.61 Å². The van der Waals surface area contributed by atoms with Gasteiger partial charge in [0.15, 0.2) is 0 Å². The molecule has 1 N–H and O–H groups in total. The Hall–Kier alpha value is -1.77. The van der Waals surface area contributed by atoms with E-state index in [1.165, 1.54) is 0 Å². The number of amides is 1. The molecule has 14 heavy (non-hydrogen) atoms. The number of carbonyl (C=O) groups is 1. The predicted molar refractivity (Wildman–Crippen MR) is 53.7 cm³/mol. The molecule has 1 unspecified atom stereocenters. The zero-order valence-electron chi connectivity index (χ0n) is 7.64. The molecule has 0 radical (unpaired) electrons. The lowest BCUT2D eigenvalue weighted by Crippen LogP contribution is -2.22. The summed E-state index contributed by atoms with van der Waals surface area (Å²) < 4.78 is 4.97.